The van der Waals surface area contributed by atoms with Crippen molar-refractivity contribution in [1.29, 1.82) is 0 Å². The van der Waals surface area contributed by atoms with Crippen molar-refractivity contribution in [3.05, 3.63) is 35.4 Å². The first-order valence-corrected chi connectivity index (χ1v) is 7.07. The van der Waals surface area contributed by atoms with Crippen molar-refractivity contribution in [2.45, 2.75) is 19.8 Å². The van der Waals surface area contributed by atoms with Crippen molar-refractivity contribution in [3.8, 4) is 0 Å². The van der Waals surface area contributed by atoms with Crippen LogP contribution in [0.1, 0.15) is 35.7 Å². The highest BCUT2D eigenvalue weighted by atomic mass is 16.4. The minimum absolute atomic E-state index is 0.241. The Morgan fingerprint density at radius 1 is 1.10 bits per heavy atom. The third kappa shape index (κ3) is 5.55. The van der Waals surface area contributed by atoms with Crippen LogP contribution in [-0.2, 0) is 4.79 Å². The van der Waals surface area contributed by atoms with Crippen LogP contribution >= 0.6 is 0 Å². The number of benzene rings is 1. The summed E-state index contributed by atoms with van der Waals surface area (Å²) in [4.78, 5) is 26.6. The Hall–Kier alpha value is -1.88. The molecule has 1 N–H and O–H groups in total. The van der Waals surface area contributed by atoms with E-state index >= 15 is 0 Å². The Balaban J connectivity index is 2.85. The summed E-state index contributed by atoms with van der Waals surface area (Å²) in [5.74, 6) is -0.839. The van der Waals surface area contributed by atoms with Gasteiger partial charge in [0, 0.05) is 18.7 Å². The van der Waals surface area contributed by atoms with Gasteiger partial charge in [0.2, 0.25) is 0 Å². The monoisotopic (exact) mass is 292 g/mol. The normalized spacial score (nSPS) is 11.0. The number of rotatable bonds is 7. The van der Waals surface area contributed by atoms with E-state index < -0.39 is 5.97 Å². The maximum Gasteiger partial charge on any atom is 0.323 e. The minimum atomic E-state index is -0.999. The van der Waals surface area contributed by atoms with Gasteiger partial charge in [0.25, 0.3) is 5.91 Å². The Morgan fingerprint density at radius 2 is 1.67 bits per heavy atom. The van der Waals surface area contributed by atoms with Gasteiger partial charge in [0.15, 0.2) is 0 Å². The van der Waals surface area contributed by atoms with Crippen LogP contribution in [0.5, 0.6) is 0 Å². The van der Waals surface area contributed by atoms with Crippen molar-refractivity contribution in [3.63, 3.8) is 0 Å². The number of hydrogen-bond acceptors (Lipinski definition) is 3. The summed E-state index contributed by atoms with van der Waals surface area (Å²) in [6.45, 7) is 4.92. The lowest BCUT2D eigenvalue weighted by molar-refractivity contribution is -0.137. The zero-order valence-electron chi connectivity index (χ0n) is 13.2. The van der Waals surface area contributed by atoms with E-state index in [-0.39, 0.29) is 12.5 Å². The summed E-state index contributed by atoms with van der Waals surface area (Å²) in [5, 5.41) is 8.95. The van der Waals surface area contributed by atoms with Crippen molar-refractivity contribution >= 4 is 11.9 Å². The van der Waals surface area contributed by atoms with Gasteiger partial charge in [-0.3, -0.25) is 9.59 Å². The van der Waals surface area contributed by atoms with E-state index in [0.717, 1.165) is 5.56 Å². The molecule has 1 rings (SSSR count). The molecule has 0 atom stereocenters. The van der Waals surface area contributed by atoms with Gasteiger partial charge in [-0.05, 0) is 37.7 Å². The zero-order valence-corrected chi connectivity index (χ0v) is 13.2. The Kier molecular flexibility index (Phi) is 6.37. The lowest BCUT2D eigenvalue weighted by atomic mass is 10.0. The molecule has 1 amide bonds. The fourth-order valence-electron chi connectivity index (χ4n) is 1.93. The van der Waals surface area contributed by atoms with Crippen LogP contribution in [0.25, 0.3) is 0 Å². The maximum absolute atomic E-state index is 12.4. The predicted molar refractivity (Wildman–Crippen MR) is 82.6 cm³/mol. The molecule has 116 valence electrons. The molecule has 0 bridgehead atoms. The molecule has 0 spiro atoms. The van der Waals surface area contributed by atoms with E-state index in [9.17, 15) is 9.59 Å². The molecule has 0 saturated heterocycles. The summed E-state index contributed by atoms with van der Waals surface area (Å²) in [5.41, 5.74) is 1.68. The van der Waals surface area contributed by atoms with Crippen molar-refractivity contribution in [1.82, 2.24) is 9.80 Å². The van der Waals surface area contributed by atoms with Gasteiger partial charge >= 0.3 is 5.97 Å². The first-order chi connectivity index (χ1) is 9.81. The number of carbonyl (C=O) groups is 2. The molecule has 0 aliphatic carbocycles. The second-order valence-electron chi connectivity index (χ2n) is 5.70. The third-order valence-corrected chi connectivity index (χ3v) is 3.25. The molecule has 0 radical (unpaired) electrons. The standard InChI is InChI=1S/C16H24N2O3/c1-12(2)13-5-7-14(8-6-13)16(21)18(11-15(19)20)10-9-17(3)4/h5-8,12H,9-11H2,1-4H3,(H,19,20). The summed E-state index contributed by atoms with van der Waals surface area (Å²) in [6, 6.07) is 7.37. The van der Waals surface area contributed by atoms with Gasteiger partial charge < -0.3 is 14.9 Å². The smallest absolute Gasteiger partial charge is 0.323 e. The highest BCUT2D eigenvalue weighted by Crippen LogP contribution is 2.15. The van der Waals surface area contributed by atoms with Crippen LogP contribution in [-0.4, -0.2) is 60.5 Å². The first kappa shape index (κ1) is 17.2. The molecule has 0 aromatic heterocycles. The van der Waals surface area contributed by atoms with Gasteiger partial charge in [-0.25, -0.2) is 0 Å². The molecule has 1 aromatic carbocycles. The molecule has 0 aliphatic rings. The fourth-order valence-corrected chi connectivity index (χ4v) is 1.93. The average Bonchev–Trinajstić information content (AvgIpc) is 2.42. The molecule has 0 unspecified atom stereocenters. The molecule has 0 saturated carbocycles. The van der Waals surface area contributed by atoms with E-state index in [4.69, 9.17) is 5.11 Å². The number of carboxylic acids is 1. The Labute approximate surface area is 126 Å². The topological polar surface area (TPSA) is 60.9 Å². The summed E-state index contributed by atoms with van der Waals surface area (Å²) in [7, 11) is 3.78. The molecule has 5 nitrogen and oxygen atoms in total. The average molecular weight is 292 g/mol. The zero-order chi connectivity index (χ0) is 16.0. The van der Waals surface area contributed by atoms with Gasteiger partial charge in [-0.1, -0.05) is 26.0 Å². The molecule has 5 heteroatoms. The highest BCUT2D eigenvalue weighted by molar-refractivity contribution is 5.95. The van der Waals surface area contributed by atoms with Crippen LogP contribution in [0.15, 0.2) is 24.3 Å². The quantitative estimate of drug-likeness (QED) is 0.834. The summed E-state index contributed by atoms with van der Waals surface area (Å²) in [6.07, 6.45) is 0. The lowest BCUT2D eigenvalue weighted by Gasteiger charge is -2.23. The van der Waals surface area contributed by atoms with Crippen LogP contribution < -0.4 is 0 Å². The van der Waals surface area contributed by atoms with Crippen LogP contribution in [0.3, 0.4) is 0 Å². The maximum atomic E-state index is 12.4. The summed E-state index contributed by atoms with van der Waals surface area (Å²) >= 11 is 0. The van der Waals surface area contributed by atoms with E-state index in [1.54, 1.807) is 12.1 Å². The van der Waals surface area contributed by atoms with Gasteiger partial charge in [0.1, 0.15) is 6.54 Å². The van der Waals surface area contributed by atoms with Crippen LogP contribution in [0, 0.1) is 0 Å². The first-order valence-electron chi connectivity index (χ1n) is 7.07. The number of likely N-dealkylation sites (N-methyl/N-ethyl adjacent to an activating group) is 1. The number of carbonyl (C=O) groups excluding carboxylic acids is 1. The van der Waals surface area contributed by atoms with E-state index in [2.05, 4.69) is 13.8 Å². The van der Waals surface area contributed by atoms with E-state index in [0.29, 0.717) is 24.6 Å². The van der Waals surface area contributed by atoms with Gasteiger partial charge in [0.05, 0.1) is 0 Å². The second kappa shape index (κ2) is 7.78. The number of amides is 1. The van der Waals surface area contributed by atoms with Crippen molar-refractivity contribution < 1.29 is 14.7 Å². The molecule has 0 fully saturated rings. The number of aliphatic carboxylic acids is 1. The van der Waals surface area contributed by atoms with Gasteiger partial charge in [-0.15, -0.1) is 0 Å². The van der Waals surface area contributed by atoms with E-state index in [1.807, 2.05) is 31.1 Å². The van der Waals surface area contributed by atoms with Crippen molar-refractivity contribution in [2.75, 3.05) is 33.7 Å². The van der Waals surface area contributed by atoms with E-state index in [1.165, 1.54) is 4.90 Å². The SMILES string of the molecule is CC(C)c1ccc(C(=O)N(CCN(C)C)CC(=O)O)cc1. The lowest BCUT2D eigenvalue weighted by Crippen LogP contribution is -2.40. The number of nitrogens with zero attached hydrogens (tertiary/aromatic N) is 2. The largest absolute Gasteiger partial charge is 0.480 e. The van der Waals surface area contributed by atoms with Crippen LogP contribution in [0.4, 0.5) is 0 Å². The molecular weight excluding hydrogens is 268 g/mol. The fraction of sp³-hybridized carbons (Fsp3) is 0.500. The number of carboxylic acid groups (broad SMARTS) is 1. The minimum Gasteiger partial charge on any atom is -0.480 e. The number of hydrogen-bond donors (Lipinski definition) is 1. The Morgan fingerprint density at radius 3 is 2.10 bits per heavy atom. The second-order valence-corrected chi connectivity index (χ2v) is 5.70. The molecule has 21 heavy (non-hydrogen) atoms. The predicted octanol–water partition coefficient (Wildman–Crippen LogP) is 1.90. The molecular formula is C16H24N2O3. The third-order valence-electron chi connectivity index (χ3n) is 3.25. The molecule has 0 heterocycles. The van der Waals surface area contributed by atoms with Gasteiger partial charge in [-0.2, -0.15) is 0 Å². The summed E-state index contributed by atoms with van der Waals surface area (Å²) < 4.78 is 0. The molecule has 1 aromatic rings. The highest BCUT2D eigenvalue weighted by Gasteiger charge is 2.18. The van der Waals surface area contributed by atoms with Crippen LogP contribution in [0.2, 0.25) is 0 Å². The Bertz CT molecular complexity index is 481. The van der Waals surface area contributed by atoms with Crippen molar-refractivity contribution in [2.24, 2.45) is 0 Å². The molecule has 0 aliphatic heterocycles.